The van der Waals surface area contributed by atoms with Crippen molar-refractivity contribution in [3.8, 4) is 10.7 Å². The first-order valence-corrected chi connectivity index (χ1v) is 7.67. The van der Waals surface area contributed by atoms with Crippen molar-refractivity contribution >= 4 is 27.3 Å². The Balaban J connectivity index is 1.99. The van der Waals surface area contributed by atoms with Crippen molar-refractivity contribution in [3.05, 3.63) is 33.4 Å². The van der Waals surface area contributed by atoms with E-state index < -0.39 is 0 Å². The third-order valence-corrected chi connectivity index (χ3v) is 4.95. The number of hydrogen-bond donors (Lipinski definition) is 1. The van der Waals surface area contributed by atoms with Gasteiger partial charge in [-0.05, 0) is 54.4 Å². The Hall–Kier alpha value is -0.780. The smallest absolute Gasteiger partial charge is 0.142 e. The van der Waals surface area contributed by atoms with E-state index in [1.54, 1.807) is 11.3 Å². The largest absolute Gasteiger partial charge is 0.312 e. The standard InChI is InChI=1S/C13H14BrN3S/c1-15-9-3-2-4-10-12(9)18-13(17-10)11-6-5-8(14)7-16-11/h5-7,9,15H,2-4H2,1H3. The molecule has 0 radical (unpaired) electrons. The minimum atomic E-state index is 0.468. The number of hydrogen-bond acceptors (Lipinski definition) is 4. The van der Waals surface area contributed by atoms with Crippen LogP contribution in [0.1, 0.15) is 29.5 Å². The van der Waals surface area contributed by atoms with Crippen molar-refractivity contribution in [3.63, 3.8) is 0 Å². The van der Waals surface area contributed by atoms with Gasteiger partial charge in [0.15, 0.2) is 0 Å². The summed E-state index contributed by atoms with van der Waals surface area (Å²) in [6.45, 7) is 0. The average molecular weight is 324 g/mol. The molecule has 0 aliphatic heterocycles. The van der Waals surface area contributed by atoms with Gasteiger partial charge in [0, 0.05) is 21.6 Å². The maximum absolute atomic E-state index is 4.75. The quantitative estimate of drug-likeness (QED) is 0.918. The Labute approximate surface area is 119 Å². The SMILES string of the molecule is CNC1CCCc2nc(-c3ccc(Br)cn3)sc21. The highest BCUT2D eigenvalue weighted by Crippen LogP contribution is 2.37. The van der Waals surface area contributed by atoms with Crippen LogP contribution < -0.4 is 5.32 Å². The second kappa shape index (κ2) is 5.07. The number of nitrogens with one attached hydrogen (secondary N) is 1. The molecule has 1 N–H and O–H groups in total. The van der Waals surface area contributed by atoms with Crippen molar-refractivity contribution in [1.82, 2.24) is 15.3 Å². The van der Waals surface area contributed by atoms with Gasteiger partial charge in [-0.25, -0.2) is 4.98 Å². The predicted octanol–water partition coefficient (Wildman–Crippen LogP) is 3.56. The molecule has 0 aromatic carbocycles. The van der Waals surface area contributed by atoms with Crippen LogP contribution >= 0.6 is 27.3 Å². The van der Waals surface area contributed by atoms with Gasteiger partial charge >= 0.3 is 0 Å². The Morgan fingerprint density at radius 3 is 3.06 bits per heavy atom. The summed E-state index contributed by atoms with van der Waals surface area (Å²) in [4.78, 5) is 10.6. The van der Waals surface area contributed by atoms with Crippen LogP contribution in [0.3, 0.4) is 0 Å². The molecule has 94 valence electrons. The van der Waals surface area contributed by atoms with Gasteiger partial charge in [0.2, 0.25) is 0 Å². The number of aromatic nitrogens is 2. The highest BCUT2D eigenvalue weighted by Gasteiger charge is 2.23. The molecule has 2 heterocycles. The molecule has 0 fully saturated rings. The van der Waals surface area contributed by atoms with Gasteiger partial charge in [-0.2, -0.15) is 0 Å². The topological polar surface area (TPSA) is 37.8 Å². The van der Waals surface area contributed by atoms with Gasteiger partial charge in [-0.1, -0.05) is 0 Å². The molecule has 3 nitrogen and oxygen atoms in total. The third-order valence-electron chi connectivity index (χ3n) is 3.25. The summed E-state index contributed by atoms with van der Waals surface area (Å²) in [5.74, 6) is 0. The molecule has 3 rings (SSSR count). The van der Waals surface area contributed by atoms with Crippen LogP contribution in [0.25, 0.3) is 10.7 Å². The summed E-state index contributed by atoms with van der Waals surface area (Å²) in [6.07, 6.45) is 5.35. The maximum Gasteiger partial charge on any atom is 0.142 e. The van der Waals surface area contributed by atoms with Crippen LogP contribution in [0.15, 0.2) is 22.8 Å². The summed E-state index contributed by atoms with van der Waals surface area (Å²) in [6, 6.07) is 4.50. The molecule has 2 aromatic rings. The number of rotatable bonds is 2. The second-order valence-corrected chi connectivity index (χ2v) is 6.37. The normalized spacial score (nSPS) is 18.7. The van der Waals surface area contributed by atoms with Crippen molar-refractivity contribution in [2.75, 3.05) is 7.05 Å². The Morgan fingerprint density at radius 1 is 1.44 bits per heavy atom. The zero-order valence-corrected chi connectivity index (χ0v) is 12.5. The number of halogens is 1. The summed E-state index contributed by atoms with van der Waals surface area (Å²) >= 11 is 5.18. The van der Waals surface area contributed by atoms with Gasteiger partial charge in [-0.3, -0.25) is 4.98 Å². The summed E-state index contributed by atoms with van der Waals surface area (Å²) in [7, 11) is 2.02. The van der Waals surface area contributed by atoms with E-state index in [4.69, 9.17) is 4.98 Å². The first kappa shape index (κ1) is 12.3. The van der Waals surface area contributed by atoms with Crippen molar-refractivity contribution in [1.29, 1.82) is 0 Å². The Kier molecular flexibility index (Phi) is 3.46. The number of thiazole rings is 1. The zero-order chi connectivity index (χ0) is 12.5. The number of fused-ring (bicyclic) bond motifs is 1. The predicted molar refractivity (Wildman–Crippen MR) is 77.8 cm³/mol. The lowest BCUT2D eigenvalue weighted by molar-refractivity contribution is 0.501. The second-order valence-electron chi connectivity index (χ2n) is 4.43. The fourth-order valence-corrected chi connectivity index (χ4v) is 3.77. The van der Waals surface area contributed by atoms with E-state index in [2.05, 4.69) is 26.2 Å². The maximum atomic E-state index is 4.75. The van der Waals surface area contributed by atoms with Gasteiger partial charge in [0.05, 0.1) is 11.4 Å². The summed E-state index contributed by atoms with van der Waals surface area (Å²) in [5, 5.41) is 4.41. The van der Waals surface area contributed by atoms with Crippen molar-refractivity contribution in [2.24, 2.45) is 0 Å². The Morgan fingerprint density at radius 2 is 2.33 bits per heavy atom. The molecule has 1 aliphatic rings. The molecule has 0 spiro atoms. The van der Waals surface area contributed by atoms with Gasteiger partial charge < -0.3 is 5.32 Å². The van der Waals surface area contributed by atoms with Gasteiger partial charge in [0.25, 0.3) is 0 Å². The summed E-state index contributed by atoms with van der Waals surface area (Å²) in [5.41, 5.74) is 2.22. The molecule has 0 bridgehead atoms. The zero-order valence-electron chi connectivity index (χ0n) is 10.1. The van der Waals surface area contributed by atoms with Crippen LogP contribution in [-0.4, -0.2) is 17.0 Å². The minimum Gasteiger partial charge on any atom is -0.312 e. The average Bonchev–Trinajstić information content (AvgIpc) is 2.83. The number of aryl methyl sites for hydroxylation is 1. The highest BCUT2D eigenvalue weighted by atomic mass is 79.9. The van der Waals surface area contributed by atoms with E-state index in [0.717, 1.165) is 21.6 Å². The van der Waals surface area contributed by atoms with E-state index in [1.807, 2.05) is 25.4 Å². The molecule has 0 saturated heterocycles. The molecular formula is C13H14BrN3S. The van der Waals surface area contributed by atoms with Crippen LogP contribution in [0.5, 0.6) is 0 Å². The molecule has 0 saturated carbocycles. The minimum absolute atomic E-state index is 0.468. The first-order chi connectivity index (χ1) is 8.78. The lowest BCUT2D eigenvalue weighted by Gasteiger charge is -2.19. The van der Waals surface area contributed by atoms with Crippen LogP contribution in [0.4, 0.5) is 0 Å². The van der Waals surface area contributed by atoms with E-state index >= 15 is 0 Å². The molecule has 2 aromatic heterocycles. The highest BCUT2D eigenvalue weighted by molar-refractivity contribution is 9.10. The summed E-state index contributed by atoms with van der Waals surface area (Å²) < 4.78 is 1.00. The van der Waals surface area contributed by atoms with Crippen LogP contribution in [-0.2, 0) is 6.42 Å². The van der Waals surface area contributed by atoms with Crippen molar-refractivity contribution < 1.29 is 0 Å². The van der Waals surface area contributed by atoms with E-state index in [1.165, 1.54) is 23.4 Å². The molecule has 1 aliphatic carbocycles. The molecular weight excluding hydrogens is 310 g/mol. The van der Waals surface area contributed by atoms with Crippen LogP contribution in [0.2, 0.25) is 0 Å². The fraction of sp³-hybridized carbons (Fsp3) is 0.385. The van der Waals surface area contributed by atoms with E-state index in [0.29, 0.717) is 6.04 Å². The molecule has 0 amide bonds. The molecule has 1 atom stereocenters. The third kappa shape index (κ3) is 2.22. The molecule has 5 heteroatoms. The van der Waals surface area contributed by atoms with Gasteiger partial charge in [0.1, 0.15) is 5.01 Å². The van der Waals surface area contributed by atoms with E-state index in [-0.39, 0.29) is 0 Å². The van der Waals surface area contributed by atoms with Crippen LogP contribution in [0, 0.1) is 0 Å². The fourth-order valence-electron chi connectivity index (χ4n) is 2.31. The number of nitrogens with zero attached hydrogens (tertiary/aromatic N) is 2. The Bertz CT molecular complexity index is 550. The van der Waals surface area contributed by atoms with Gasteiger partial charge in [-0.15, -0.1) is 11.3 Å². The van der Waals surface area contributed by atoms with E-state index in [9.17, 15) is 0 Å². The number of pyridine rings is 1. The lowest BCUT2D eigenvalue weighted by Crippen LogP contribution is -2.19. The first-order valence-electron chi connectivity index (χ1n) is 6.06. The van der Waals surface area contributed by atoms with Crippen molar-refractivity contribution in [2.45, 2.75) is 25.3 Å². The monoisotopic (exact) mass is 323 g/mol. The lowest BCUT2D eigenvalue weighted by atomic mass is 9.98. The molecule has 1 unspecified atom stereocenters. The molecule has 18 heavy (non-hydrogen) atoms.